The van der Waals surface area contributed by atoms with Crippen molar-refractivity contribution in [2.75, 3.05) is 10.6 Å². The van der Waals surface area contributed by atoms with E-state index in [2.05, 4.69) is 10.6 Å². The largest absolute Gasteiger partial charge is 0.321 e. The molecule has 0 aliphatic carbocycles. The van der Waals surface area contributed by atoms with Crippen molar-refractivity contribution >= 4 is 69.1 Å². The lowest BCUT2D eigenvalue weighted by molar-refractivity contribution is 0.101. The molecule has 0 aliphatic heterocycles. The van der Waals surface area contributed by atoms with Gasteiger partial charge in [-0.2, -0.15) is 22.7 Å². The van der Waals surface area contributed by atoms with Crippen LogP contribution in [0.3, 0.4) is 0 Å². The molecule has 156 valence electrons. The zero-order valence-corrected chi connectivity index (χ0v) is 19.2. The summed E-state index contributed by atoms with van der Waals surface area (Å²) in [5.41, 5.74) is 4.28. The minimum atomic E-state index is -0.192. The molecule has 0 fully saturated rings. The first kappa shape index (κ1) is 21.6. The molecule has 0 radical (unpaired) electrons. The molecular formula is C23H16Cl2N2O2S2. The van der Waals surface area contributed by atoms with Gasteiger partial charge in [0.05, 0.1) is 32.5 Å². The molecule has 0 atom stereocenters. The number of halogens is 2. The second-order valence-electron chi connectivity index (χ2n) is 6.74. The van der Waals surface area contributed by atoms with Crippen LogP contribution >= 0.6 is 45.9 Å². The van der Waals surface area contributed by atoms with Crippen LogP contribution in [0.15, 0.2) is 70.1 Å². The number of nitrogens with one attached hydrogen (secondary N) is 2. The molecule has 4 rings (SSSR count). The van der Waals surface area contributed by atoms with Crippen LogP contribution < -0.4 is 10.6 Å². The molecule has 2 N–H and O–H groups in total. The van der Waals surface area contributed by atoms with Crippen LogP contribution in [0.4, 0.5) is 11.4 Å². The highest BCUT2D eigenvalue weighted by Gasteiger charge is 2.12. The Balaban J connectivity index is 1.43. The molecule has 0 unspecified atom stereocenters. The second kappa shape index (κ2) is 9.66. The molecule has 4 nitrogen and oxygen atoms in total. The van der Waals surface area contributed by atoms with Gasteiger partial charge in [0.2, 0.25) is 0 Å². The Morgan fingerprint density at radius 3 is 1.52 bits per heavy atom. The van der Waals surface area contributed by atoms with Crippen molar-refractivity contribution in [2.45, 2.75) is 6.42 Å². The number of carbonyl (C=O) groups excluding carboxylic acids is 2. The monoisotopic (exact) mass is 486 g/mol. The van der Waals surface area contributed by atoms with E-state index in [0.717, 1.165) is 11.1 Å². The number of thiophene rings is 2. The Labute approximate surface area is 197 Å². The molecule has 2 aromatic heterocycles. The second-order valence-corrected chi connectivity index (χ2v) is 9.11. The van der Waals surface area contributed by atoms with Gasteiger partial charge in [-0.1, -0.05) is 35.3 Å². The quantitative estimate of drug-likeness (QED) is 0.302. The topological polar surface area (TPSA) is 58.2 Å². The van der Waals surface area contributed by atoms with Crippen molar-refractivity contribution in [3.05, 3.63) is 102 Å². The first-order valence-electron chi connectivity index (χ1n) is 9.23. The number of anilines is 2. The van der Waals surface area contributed by atoms with Crippen molar-refractivity contribution in [1.29, 1.82) is 0 Å². The van der Waals surface area contributed by atoms with E-state index in [0.29, 0.717) is 39.0 Å². The standard InChI is InChI=1S/C23H16Cl2N2O2S2/c24-18-10-14(1-3-20(18)26-22(28)16-5-7-30-12-16)9-15-2-4-21(19(25)11-15)27-23(29)17-6-8-31-13-17/h1-8,10-13H,9H2,(H,26,28)(H,27,29). The van der Waals surface area contributed by atoms with Gasteiger partial charge in [0, 0.05) is 10.8 Å². The van der Waals surface area contributed by atoms with Crippen LogP contribution in [0.1, 0.15) is 31.8 Å². The fourth-order valence-corrected chi connectivity index (χ4v) is 4.72. The first-order chi connectivity index (χ1) is 15.0. The molecule has 2 aromatic carbocycles. The van der Waals surface area contributed by atoms with E-state index in [1.807, 2.05) is 35.0 Å². The smallest absolute Gasteiger partial charge is 0.256 e. The third-order valence-electron chi connectivity index (χ3n) is 4.54. The summed E-state index contributed by atoms with van der Waals surface area (Å²) in [5, 5.41) is 13.9. The zero-order chi connectivity index (χ0) is 21.8. The number of hydrogen-bond donors (Lipinski definition) is 2. The normalized spacial score (nSPS) is 10.6. The van der Waals surface area contributed by atoms with Gasteiger partial charge >= 0.3 is 0 Å². The molecule has 31 heavy (non-hydrogen) atoms. The summed E-state index contributed by atoms with van der Waals surface area (Å²) in [4.78, 5) is 24.4. The highest BCUT2D eigenvalue weighted by molar-refractivity contribution is 7.08. The molecule has 0 bridgehead atoms. The van der Waals surface area contributed by atoms with Crippen LogP contribution in [0.2, 0.25) is 10.0 Å². The van der Waals surface area contributed by atoms with Crippen LogP contribution in [-0.4, -0.2) is 11.8 Å². The summed E-state index contributed by atoms with van der Waals surface area (Å²) in [5.74, 6) is -0.384. The SMILES string of the molecule is O=C(Nc1ccc(Cc2ccc(NC(=O)c3ccsc3)c(Cl)c2)cc1Cl)c1ccsc1. The Morgan fingerprint density at radius 2 is 1.16 bits per heavy atom. The van der Waals surface area contributed by atoms with Crippen LogP contribution in [-0.2, 0) is 6.42 Å². The van der Waals surface area contributed by atoms with E-state index in [1.54, 1.807) is 35.0 Å². The Kier molecular flexibility index (Phi) is 6.73. The summed E-state index contributed by atoms with van der Waals surface area (Å²) >= 11 is 15.7. The lowest BCUT2D eigenvalue weighted by Crippen LogP contribution is -2.11. The Hall–Kier alpha value is -2.64. The van der Waals surface area contributed by atoms with Gasteiger partial charge in [-0.05, 0) is 64.7 Å². The van der Waals surface area contributed by atoms with E-state index in [1.165, 1.54) is 22.7 Å². The lowest BCUT2D eigenvalue weighted by Gasteiger charge is -2.11. The van der Waals surface area contributed by atoms with E-state index >= 15 is 0 Å². The maximum atomic E-state index is 12.2. The summed E-state index contributed by atoms with van der Waals surface area (Å²) in [7, 11) is 0. The summed E-state index contributed by atoms with van der Waals surface area (Å²) < 4.78 is 0. The van der Waals surface area contributed by atoms with Crippen molar-refractivity contribution in [3.63, 3.8) is 0 Å². The van der Waals surface area contributed by atoms with E-state index in [9.17, 15) is 9.59 Å². The molecule has 4 aromatic rings. The molecule has 8 heteroatoms. The van der Waals surface area contributed by atoms with E-state index in [-0.39, 0.29) is 11.8 Å². The lowest BCUT2D eigenvalue weighted by atomic mass is 10.0. The van der Waals surface area contributed by atoms with Crippen LogP contribution in [0.25, 0.3) is 0 Å². The van der Waals surface area contributed by atoms with E-state index in [4.69, 9.17) is 23.2 Å². The predicted molar refractivity (Wildman–Crippen MR) is 130 cm³/mol. The van der Waals surface area contributed by atoms with Crippen LogP contribution in [0, 0.1) is 0 Å². The van der Waals surface area contributed by atoms with Crippen LogP contribution in [0.5, 0.6) is 0 Å². The molecule has 0 saturated heterocycles. The van der Waals surface area contributed by atoms with Gasteiger partial charge in [0.1, 0.15) is 0 Å². The third kappa shape index (κ3) is 5.35. The van der Waals surface area contributed by atoms with Gasteiger partial charge in [-0.25, -0.2) is 0 Å². The number of rotatable bonds is 6. The van der Waals surface area contributed by atoms with Gasteiger partial charge in [-0.3, -0.25) is 9.59 Å². The summed E-state index contributed by atoms with van der Waals surface area (Å²) in [6.07, 6.45) is 0.608. The number of benzene rings is 2. The summed E-state index contributed by atoms with van der Waals surface area (Å²) in [6, 6.07) is 14.6. The number of amides is 2. The number of hydrogen-bond acceptors (Lipinski definition) is 4. The van der Waals surface area contributed by atoms with Gasteiger partial charge < -0.3 is 10.6 Å². The minimum absolute atomic E-state index is 0.192. The fraction of sp³-hybridized carbons (Fsp3) is 0.0435. The van der Waals surface area contributed by atoms with Gasteiger partial charge in [0.25, 0.3) is 11.8 Å². The van der Waals surface area contributed by atoms with Crippen molar-refractivity contribution in [1.82, 2.24) is 0 Å². The average molecular weight is 487 g/mol. The zero-order valence-electron chi connectivity index (χ0n) is 16.0. The summed E-state index contributed by atoms with van der Waals surface area (Å²) in [6.45, 7) is 0. The molecule has 0 saturated carbocycles. The Morgan fingerprint density at radius 1 is 0.710 bits per heavy atom. The maximum Gasteiger partial charge on any atom is 0.256 e. The average Bonchev–Trinajstić information content (AvgIpc) is 3.46. The predicted octanol–water partition coefficient (Wildman–Crippen LogP) is 7.21. The van der Waals surface area contributed by atoms with Crippen molar-refractivity contribution < 1.29 is 9.59 Å². The van der Waals surface area contributed by atoms with Crippen molar-refractivity contribution in [3.8, 4) is 0 Å². The molecule has 0 spiro atoms. The highest BCUT2D eigenvalue weighted by Crippen LogP contribution is 2.28. The highest BCUT2D eigenvalue weighted by atomic mass is 35.5. The fourth-order valence-electron chi connectivity index (χ4n) is 2.95. The molecule has 2 heterocycles. The first-order valence-corrected chi connectivity index (χ1v) is 11.9. The van der Waals surface area contributed by atoms with Gasteiger partial charge in [-0.15, -0.1) is 0 Å². The molecular weight excluding hydrogens is 471 g/mol. The molecule has 0 aliphatic rings. The minimum Gasteiger partial charge on any atom is -0.321 e. The third-order valence-corrected chi connectivity index (χ3v) is 6.53. The number of carbonyl (C=O) groups is 2. The molecule has 2 amide bonds. The van der Waals surface area contributed by atoms with Gasteiger partial charge in [0.15, 0.2) is 0 Å². The van der Waals surface area contributed by atoms with Crippen molar-refractivity contribution in [2.24, 2.45) is 0 Å². The Bertz CT molecular complexity index is 1130. The maximum absolute atomic E-state index is 12.2. The van der Waals surface area contributed by atoms with E-state index < -0.39 is 0 Å².